The molecule has 1 heterocycles. The van der Waals surface area contributed by atoms with E-state index in [1.165, 1.54) is 11.9 Å². The number of hydrogen-bond donors (Lipinski definition) is 2. The lowest BCUT2D eigenvalue weighted by Crippen LogP contribution is -2.18. The number of aromatic nitrogens is 1. The molecule has 1 aromatic heterocycles. The third kappa shape index (κ3) is 5.00. The summed E-state index contributed by atoms with van der Waals surface area (Å²) in [7, 11) is 0. The van der Waals surface area contributed by atoms with Gasteiger partial charge in [-0.3, -0.25) is 4.79 Å². The third-order valence-electron chi connectivity index (χ3n) is 4.37. The van der Waals surface area contributed by atoms with E-state index in [0.29, 0.717) is 16.8 Å². The second-order valence-electron chi connectivity index (χ2n) is 6.41. The second-order valence-corrected chi connectivity index (χ2v) is 7.67. The van der Waals surface area contributed by atoms with E-state index < -0.39 is 0 Å². The number of carbonyl (C=O) groups excluding carboxylic acids is 1. The highest BCUT2D eigenvalue weighted by molar-refractivity contribution is 8.00. The minimum Gasteiger partial charge on any atom is -0.354 e. The maximum Gasteiger partial charge on any atom is 0.202 e. The Hall–Kier alpha value is -2.76. The van der Waals surface area contributed by atoms with Crippen molar-refractivity contribution >= 4 is 40.8 Å². The molecule has 2 N–H and O–H groups in total. The van der Waals surface area contributed by atoms with Crippen LogP contribution < -0.4 is 10.0 Å². The minimum absolute atomic E-state index is 0.163. The molecule has 1 aliphatic rings. The van der Waals surface area contributed by atoms with Crippen LogP contribution in [-0.4, -0.2) is 10.8 Å². The Morgan fingerprint density at radius 1 is 1.21 bits per heavy atom. The van der Waals surface area contributed by atoms with Crippen molar-refractivity contribution in [1.29, 1.82) is 0 Å². The second kappa shape index (κ2) is 9.63. The quantitative estimate of drug-likeness (QED) is 0.499. The van der Waals surface area contributed by atoms with Gasteiger partial charge in [0, 0.05) is 27.9 Å². The van der Waals surface area contributed by atoms with Crippen molar-refractivity contribution in [2.75, 3.05) is 10.0 Å². The maximum atomic E-state index is 12.5. The van der Waals surface area contributed by atoms with E-state index in [1.54, 1.807) is 13.1 Å². The number of carbonyl (C=O) groups is 1. The van der Waals surface area contributed by atoms with Crippen LogP contribution in [0, 0.1) is 0 Å². The van der Waals surface area contributed by atoms with Gasteiger partial charge in [-0.1, -0.05) is 43.3 Å². The molecule has 148 valence electrons. The molecule has 0 bridgehead atoms. The molecule has 0 aliphatic heterocycles. The van der Waals surface area contributed by atoms with Crippen LogP contribution in [0.3, 0.4) is 0 Å². The fourth-order valence-corrected chi connectivity index (χ4v) is 3.69. The highest BCUT2D eigenvalue weighted by Crippen LogP contribution is 2.35. The Bertz CT molecular complexity index is 1010. The zero-order valence-corrected chi connectivity index (χ0v) is 17.9. The predicted molar refractivity (Wildman–Crippen MR) is 123 cm³/mol. The Morgan fingerprint density at radius 2 is 1.97 bits per heavy atom. The number of anilines is 2. The van der Waals surface area contributed by atoms with Crippen LogP contribution in [0.2, 0.25) is 0 Å². The third-order valence-corrected chi connectivity index (χ3v) is 5.55. The molecular weight excluding hydrogens is 402 g/mol. The zero-order chi connectivity index (χ0) is 20.8. The van der Waals surface area contributed by atoms with Crippen LogP contribution in [0.1, 0.15) is 20.3 Å². The van der Waals surface area contributed by atoms with Gasteiger partial charge in [-0.15, -0.1) is 0 Å². The molecule has 2 aromatic rings. The van der Waals surface area contributed by atoms with Gasteiger partial charge in [0.05, 0.1) is 5.70 Å². The number of nitrogens with zero attached hydrogens (tertiary/aromatic N) is 1. The van der Waals surface area contributed by atoms with E-state index in [-0.39, 0.29) is 10.8 Å². The lowest BCUT2D eigenvalue weighted by molar-refractivity contribution is -0.111. The van der Waals surface area contributed by atoms with Crippen LogP contribution >= 0.6 is 23.5 Å². The molecule has 0 radical (unpaired) electrons. The van der Waals surface area contributed by atoms with Gasteiger partial charge in [0.15, 0.2) is 0 Å². The van der Waals surface area contributed by atoms with Crippen molar-refractivity contribution < 1.29 is 4.79 Å². The Balaban J connectivity index is 1.72. The molecule has 0 unspecified atom stereocenters. The van der Waals surface area contributed by atoms with Gasteiger partial charge in [0.25, 0.3) is 0 Å². The fraction of sp³-hybridized carbons (Fsp3) is 0.130. The molecule has 0 spiro atoms. The molecule has 1 aliphatic carbocycles. The molecule has 29 heavy (non-hydrogen) atoms. The number of ketones is 1. The van der Waals surface area contributed by atoms with Gasteiger partial charge in [0.1, 0.15) is 10.9 Å². The summed E-state index contributed by atoms with van der Waals surface area (Å²) in [5.74, 6) is 0.618. The first-order valence-electron chi connectivity index (χ1n) is 9.23. The van der Waals surface area contributed by atoms with Gasteiger partial charge in [-0.2, -0.15) is 0 Å². The first-order valence-corrected chi connectivity index (χ1v) is 10.4. The average molecular weight is 424 g/mol. The number of halogens is 1. The number of allylic oxidation sites excluding steroid dienone is 5. The van der Waals surface area contributed by atoms with E-state index in [4.69, 9.17) is 11.6 Å². The van der Waals surface area contributed by atoms with Crippen LogP contribution in [0.15, 0.2) is 99.7 Å². The van der Waals surface area contributed by atoms with Gasteiger partial charge in [-0.25, -0.2) is 4.98 Å². The van der Waals surface area contributed by atoms with E-state index in [0.717, 1.165) is 28.4 Å². The standard InChI is InChI=1S/C23H22ClN3OS/c1-4-5-8-19-15(2)22(21(24)23(28)16(19)3)26-17-10-12-18(13-11-17)29-27-20-9-6-7-14-25-20/h5-14,26H,2,4H2,1,3H3,(H,25,27)/b8-5-. The minimum atomic E-state index is -0.177. The maximum absolute atomic E-state index is 12.5. The number of Topliss-reactive ketones (excluding diaryl/α,β-unsaturated/α-hetero) is 1. The van der Waals surface area contributed by atoms with E-state index in [9.17, 15) is 4.79 Å². The van der Waals surface area contributed by atoms with Crippen LogP contribution in [0.5, 0.6) is 0 Å². The lowest BCUT2D eigenvalue weighted by Gasteiger charge is -2.22. The van der Waals surface area contributed by atoms with Crippen molar-refractivity contribution in [2.24, 2.45) is 0 Å². The van der Waals surface area contributed by atoms with Gasteiger partial charge >= 0.3 is 0 Å². The number of rotatable bonds is 7. The number of hydrogen-bond acceptors (Lipinski definition) is 5. The highest BCUT2D eigenvalue weighted by Gasteiger charge is 2.26. The summed E-state index contributed by atoms with van der Waals surface area (Å²) in [4.78, 5) is 17.8. The Labute approximate surface area is 180 Å². The molecule has 1 aromatic carbocycles. The van der Waals surface area contributed by atoms with Crippen molar-refractivity contribution in [3.63, 3.8) is 0 Å². The van der Waals surface area contributed by atoms with E-state index in [1.807, 2.05) is 61.5 Å². The van der Waals surface area contributed by atoms with Gasteiger partial charge in [-0.05, 0) is 67.3 Å². The van der Waals surface area contributed by atoms with Gasteiger partial charge in [0.2, 0.25) is 5.78 Å². The predicted octanol–water partition coefficient (Wildman–Crippen LogP) is 6.48. The summed E-state index contributed by atoms with van der Waals surface area (Å²) in [6.07, 6.45) is 6.56. The summed E-state index contributed by atoms with van der Waals surface area (Å²) in [6, 6.07) is 13.5. The average Bonchev–Trinajstić information content (AvgIpc) is 2.75. The summed E-state index contributed by atoms with van der Waals surface area (Å²) in [5, 5.41) is 3.42. The topological polar surface area (TPSA) is 54.0 Å². The Morgan fingerprint density at radius 3 is 2.62 bits per heavy atom. The van der Waals surface area contributed by atoms with Crippen LogP contribution in [-0.2, 0) is 4.79 Å². The summed E-state index contributed by atoms with van der Waals surface area (Å²) in [5.41, 5.74) is 3.52. The molecular formula is C23H22ClN3OS. The molecule has 0 atom stereocenters. The summed E-state index contributed by atoms with van der Waals surface area (Å²) >= 11 is 7.82. The first kappa shape index (κ1) is 21.0. The summed E-state index contributed by atoms with van der Waals surface area (Å²) < 4.78 is 3.19. The summed E-state index contributed by atoms with van der Waals surface area (Å²) in [6.45, 7) is 7.98. The SMILES string of the molecule is C=C1C(/C=C\CC)=C(C)C(=O)C(Cl)=C1Nc1ccc(SNc2ccccn2)cc1. The molecule has 6 heteroatoms. The zero-order valence-electron chi connectivity index (χ0n) is 16.3. The molecule has 0 saturated heterocycles. The van der Waals surface area contributed by atoms with E-state index >= 15 is 0 Å². The normalized spacial score (nSPS) is 14.7. The van der Waals surface area contributed by atoms with Gasteiger partial charge < -0.3 is 10.0 Å². The molecule has 0 fully saturated rings. The van der Waals surface area contributed by atoms with Crippen molar-refractivity contribution in [3.8, 4) is 0 Å². The Kier molecular flexibility index (Phi) is 6.96. The van der Waals surface area contributed by atoms with Crippen molar-refractivity contribution in [1.82, 2.24) is 4.98 Å². The van der Waals surface area contributed by atoms with Crippen LogP contribution in [0.4, 0.5) is 11.5 Å². The number of pyridine rings is 1. The van der Waals surface area contributed by atoms with Crippen molar-refractivity contribution in [3.05, 3.63) is 94.8 Å². The molecule has 4 nitrogen and oxygen atoms in total. The van der Waals surface area contributed by atoms with Crippen LogP contribution in [0.25, 0.3) is 0 Å². The number of nitrogens with one attached hydrogen (secondary N) is 2. The first-order chi connectivity index (χ1) is 14.0. The molecule has 0 amide bonds. The molecule has 0 saturated carbocycles. The lowest BCUT2D eigenvalue weighted by atomic mass is 9.90. The largest absolute Gasteiger partial charge is 0.354 e. The monoisotopic (exact) mass is 423 g/mol. The highest BCUT2D eigenvalue weighted by atomic mass is 35.5. The smallest absolute Gasteiger partial charge is 0.202 e. The van der Waals surface area contributed by atoms with E-state index in [2.05, 4.69) is 21.6 Å². The fourth-order valence-electron chi connectivity index (χ4n) is 2.77. The molecule has 3 rings (SSSR count). The number of benzene rings is 1. The van der Waals surface area contributed by atoms with Crippen molar-refractivity contribution in [2.45, 2.75) is 25.2 Å².